The molecule has 1 aliphatic rings. The molecule has 1 fully saturated rings. The molecule has 0 spiro atoms. The van der Waals surface area contributed by atoms with E-state index in [1.54, 1.807) is 0 Å². The van der Waals surface area contributed by atoms with Crippen LogP contribution in [0.1, 0.15) is 38.3 Å². The zero-order chi connectivity index (χ0) is 14.8. The van der Waals surface area contributed by atoms with Gasteiger partial charge in [0.2, 0.25) is 0 Å². The van der Waals surface area contributed by atoms with Gasteiger partial charge in [-0.25, -0.2) is 0 Å². The molecule has 2 aromatic carbocycles. The molecule has 2 unspecified atom stereocenters. The minimum Gasteiger partial charge on any atom is -0.309 e. The third-order valence-corrected chi connectivity index (χ3v) is 4.83. The largest absolute Gasteiger partial charge is 0.309 e. The van der Waals surface area contributed by atoms with Crippen molar-refractivity contribution < 1.29 is 0 Å². The molecule has 0 amide bonds. The van der Waals surface area contributed by atoms with E-state index in [9.17, 15) is 0 Å². The van der Waals surface area contributed by atoms with Crippen molar-refractivity contribution in [3.05, 3.63) is 48.0 Å². The summed E-state index contributed by atoms with van der Waals surface area (Å²) in [6.45, 7) is 5.63. The van der Waals surface area contributed by atoms with Crippen LogP contribution in [0, 0.1) is 0 Å². The zero-order valence-electron chi connectivity index (χ0n) is 13.3. The van der Waals surface area contributed by atoms with Gasteiger partial charge in [-0.1, -0.05) is 42.5 Å². The molecule has 1 aliphatic carbocycles. The second kappa shape index (κ2) is 6.17. The summed E-state index contributed by atoms with van der Waals surface area (Å²) in [5.41, 5.74) is 1.40. The lowest BCUT2D eigenvalue weighted by Gasteiger charge is -2.27. The molecule has 2 aromatic rings. The van der Waals surface area contributed by atoms with Crippen LogP contribution in [0.25, 0.3) is 10.8 Å². The fourth-order valence-corrected chi connectivity index (χ4v) is 3.07. The van der Waals surface area contributed by atoms with Gasteiger partial charge in [-0.2, -0.15) is 0 Å². The lowest BCUT2D eigenvalue weighted by molar-refractivity contribution is 0.237. The van der Waals surface area contributed by atoms with Gasteiger partial charge < -0.3 is 5.32 Å². The second-order valence-corrected chi connectivity index (χ2v) is 6.44. The van der Waals surface area contributed by atoms with Crippen LogP contribution in [-0.2, 0) is 0 Å². The molecule has 2 nitrogen and oxygen atoms in total. The molecule has 0 heterocycles. The normalized spacial score (nSPS) is 18.1. The Morgan fingerprint density at radius 3 is 2.57 bits per heavy atom. The van der Waals surface area contributed by atoms with E-state index in [1.165, 1.54) is 29.2 Å². The van der Waals surface area contributed by atoms with Crippen molar-refractivity contribution in [2.45, 2.75) is 44.8 Å². The topological polar surface area (TPSA) is 15.3 Å². The summed E-state index contributed by atoms with van der Waals surface area (Å²) in [4.78, 5) is 2.52. The Morgan fingerprint density at radius 1 is 1.10 bits per heavy atom. The third kappa shape index (κ3) is 3.28. The van der Waals surface area contributed by atoms with E-state index in [2.05, 4.69) is 73.6 Å². The lowest BCUT2D eigenvalue weighted by Crippen LogP contribution is -2.39. The van der Waals surface area contributed by atoms with E-state index >= 15 is 0 Å². The van der Waals surface area contributed by atoms with Crippen LogP contribution in [0.3, 0.4) is 0 Å². The summed E-state index contributed by atoms with van der Waals surface area (Å²) in [7, 11) is 2.26. The summed E-state index contributed by atoms with van der Waals surface area (Å²) in [6, 6.07) is 17.0. The highest BCUT2D eigenvalue weighted by atomic mass is 15.2. The summed E-state index contributed by atoms with van der Waals surface area (Å²) >= 11 is 0. The van der Waals surface area contributed by atoms with Gasteiger partial charge in [-0.3, -0.25) is 4.90 Å². The number of hydrogen-bond acceptors (Lipinski definition) is 2. The van der Waals surface area contributed by atoms with E-state index in [0.717, 1.165) is 12.6 Å². The highest BCUT2D eigenvalue weighted by Gasteiger charge is 2.29. The van der Waals surface area contributed by atoms with Crippen molar-refractivity contribution >= 4 is 10.8 Å². The summed E-state index contributed by atoms with van der Waals surface area (Å²) in [5, 5.41) is 6.40. The van der Waals surface area contributed by atoms with Gasteiger partial charge in [-0.15, -0.1) is 0 Å². The molecule has 1 N–H and O–H groups in total. The molecule has 2 heteroatoms. The number of hydrogen-bond donors (Lipinski definition) is 1. The van der Waals surface area contributed by atoms with Gasteiger partial charge in [-0.05, 0) is 50.1 Å². The smallest absolute Gasteiger partial charge is 0.0298 e. The number of benzene rings is 2. The number of likely N-dealkylation sites (N-methyl/N-ethyl adjacent to an activating group) is 1. The first-order chi connectivity index (χ1) is 10.2. The predicted molar refractivity (Wildman–Crippen MR) is 90.6 cm³/mol. The molecule has 0 aromatic heterocycles. The Balaban J connectivity index is 1.67. The Kier molecular flexibility index (Phi) is 4.27. The third-order valence-electron chi connectivity index (χ3n) is 4.83. The minimum atomic E-state index is 0.381. The van der Waals surface area contributed by atoms with E-state index in [0.29, 0.717) is 12.1 Å². The first-order valence-corrected chi connectivity index (χ1v) is 8.10. The molecule has 3 rings (SSSR count). The average Bonchev–Trinajstić information content (AvgIpc) is 3.35. The van der Waals surface area contributed by atoms with Gasteiger partial charge in [0.25, 0.3) is 0 Å². The number of nitrogens with zero attached hydrogens (tertiary/aromatic N) is 1. The predicted octanol–water partition coefficient (Wildman–Crippen LogP) is 3.97. The van der Waals surface area contributed by atoms with Crippen molar-refractivity contribution in [1.82, 2.24) is 10.2 Å². The van der Waals surface area contributed by atoms with Crippen molar-refractivity contribution in [1.29, 1.82) is 0 Å². The standard InChI is InChI=1S/C19H26N2/c1-14(21(3)17-11-12-17)13-20-15(2)18-10-6-8-16-7-4-5-9-19(16)18/h4-10,14-15,17,20H,11-13H2,1-3H3. The monoisotopic (exact) mass is 282 g/mol. The highest BCUT2D eigenvalue weighted by molar-refractivity contribution is 5.86. The Hall–Kier alpha value is -1.38. The highest BCUT2D eigenvalue weighted by Crippen LogP contribution is 2.27. The maximum absolute atomic E-state index is 3.71. The quantitative estimate of drug-likeness (QED) is 0.862. The van der Waals surface area contributed by atoms with Crippen LogP contribution in [0.4, 0.5) is 0 Å². The molecule has 21 heavy (non-hydrogen) atoms. The lowest BCUT2D eigenvalue weighted by atomic mass is 9.99. The van der Waals surface area contributed by atoms with E-state index in [4.69, 9.17) is 0 Å². The maximum atomic E-state index is 3.71. The average molecular weight is 282 g/mol. The van der Waals surface area contributed by atoms with Gasteiger partial charge in [0, 0.05) is 24.7 Å². The van der Waals surface area contributed by atoms with Gasteiger partial charge in [0.1, 0.15) is 0 Å². The van der Waals surface area contributed by atoms with E-state index in [1.807, 2.05) is 0 Å². The molecule has 0 aliphatic heterocycles. The molecule has 0 saturated heterocycles. The maximum Gasteiger partial charge on any atom is 0.0298 e. The first-order valence-electron chi connectivity index (χ1n) is 8.10. The number of fused-ring (bicyclic) bond motifs is 1. The molecule has 0 radical (unpaired) electrons. The van der Waals surface area contributed by atoms with Crippen LogP contribution in [0.15, 0.2) is 42.5 Å². The van der Waals surface area contributed by atoms with E-state index in [-0.39, 0.29) is 0 Å². The Labute approximate surface area is 128 Å². The molecule has 2 atom stereocenters. The summed E-state index contributed by atoms with van der Waals surface area (Å²) < 4.78 is 0. The molecule has 1 saturated carbocycles. The van der Waals surface area contributed by atoms with Crippen molar-refractivity contribution in [2.24, 2.45) is 0 Å². The van der Waals surface area contributed by atoms with Crippen LogP contribution < -0.4 is 5.32 Å². The number of rotatable bonds is 6. The van der Waals surface area contributed by atoms with Gasteiger partial charge in [0.05, 0.1) is 0 Å². The van der Waals surface area contributed by atoms with Crippen molar-refractivity contribution in [2.75, 3.05) is 13.6 Å². The fraction of sp³-hybridized carbons (Fsp3) is 0.474. The summed E-state index contributed by atoms with van der Waals surface area (Å²) in [5.74, 6) is 0. The van der Waals surface area contributed by atoms with Crippen LogP contribution in [0.2, 0.25) is 0 Å². The Morgan fingerprint density at radius 2 is 1.81 bits per heavy atom. The molecule has 0 bridgehead atoms. The van der Waals surface area contributed by atoms with Crippen LogP contribution in [0.5, 0.6) is 0 Å². The van der Waals surface area contributed by atoms with Gasteiger partial charge in [0.15, 0.2) is 0 Å². The summed E-state index contributed by atoms with van der Waals surface area (Å²) in [6.07, 6.45) is 2.75. The SMILES string of the molecule is CC(NCC(C)N(C)C1CC1)c1cccc2ccccc12. The van der Waals surface area contributed by atoms with Crippen LogP contribution >= 0.6 is 0 Å². The minimum absolute atomic E-state index is 0.381. The second-order valence-electron chi connectivity index (χ2n) is 6.44. The van der Waals surface area contributed by atoms with Crippen LogP contribution in [-0.4, -0.2) is 30.6 Å². The van der Waals surface area contributed by atoms with E-state index < -0.39 is 0 Å². The van der Waals surface area contributed by atoms with Crippen molar-refractivity contribution in [3.63, 3.8) is 0 Å². The molecular formula is C19H26N2. The van der Waals surface area contributed by atoms with Crippen molar-refractivity contribution in [3.8, 4) is 0 Å². The molecular weight excluding hydrogens is 256 g/mol. The first kappa shape index (κ1) is 14.6. The fourth-order valence-electron chi connectivity index (χ4n) is 3.07. The number of nitrogens with one attached hydrogen (secondary N) is 1. The zero-order valence-corrected chi connectivity index (χ0v) is 13.3. The Bertz CT molecular complexity index is 598. The van der Waals surface area contributed by atoms with Gasteiger partial charge >= 0.3 is 0 Å². The molecule has 112 valence electrons.